The summed E-state index contributed by atoms with van der Waals surface area (Å²) in [4.78, 5) is 40.5. The molecule has 0 unspecified atom stereocenters. The van der Waals surface area contributed by atoms with Crippen LogP contribution in [0.1, 0.15) is 0 Å². The molecule has 0 aliphatic heterocycles. The molecule has 0 saturated heterocycles. The van der Waals surface area contributed by atoms with Crippen molar-refractivity contribution in [3.8, 4) is 34.0 Å². The van der Waals surface area contributed by atoms with Gasteiger partial charge >= 0.3 is 0 Å². The van der Waals surface area contributed by atoms with Crippen LogP contribution in [-0.4, -0.2) is 23.5 Å². The Morgan fingerprint density at radius 2 is 1.02 bits per heavy atom. The Kier molecular flexibility index (Phi) is 6.35. The second kappa shape index (κ2) is 11.2. The molecular formula is C44H27N5O2. The van der Waals surface area contributed by atoms with Gasteiger partial charge in [0.25, 0.3) is 11.1 Å². The molecule has 10 rings (SSSR count). The van der Waals surface area contributed by atoms with E-state index in [2.05, 4.69) is 0 Å². The highest BCUT2D eigenvalue weighted by Crippen LogP contribution is 2.40. The average Bonchev–Trinajstić information content (AvgIpc) is 3.54. The van der Waals surface area contributed by atoms with Gasteiger partial charge in [0.2, 0.25) is 5.95 Å². The van der Waals surface area contributed by atoms with Crippen molar-refractivity contribution in [2.75, 3.05) is 0 Å². The van der Waals surface area contributed by atoms with Gasteiger partial charge in [-0.3, -0.25) is 23.1 Å². The highest BCUT2D eigenvalue weighted by Gasteiger charge is 2.28. The number of rotatable bonds is 4. The molecule has 51 heavy (non-hydrogen) atoms. The van der Waals surface area contributed by atoms with Gasteiger partial charge < -0.3 is 0 Å². The molecule has 6 aromatic carbocycles. The molecule has 240 valence electrons. The van der Waals surface area contributed by atoms with Crippen molar-refractivity contribution < 1.29 is 0 Å². The maximum atomic E-state index is 15.3. The summed E-state index contributed by atoms with van der Waals surface area (Å²) in [6.45, 7) is 0. The molecule has 0 spiro atoms. The number of nitrogens with zero attached hydrogens (tertiary/aromatic N) is 5. The second-order valence-electron chi connectivity index (χ2n) is 12.5. The van der Waals surface area contributed by atoms with E-state index in [1.165, 1.54) is 0 Å². The monoisotopic (exact) mass is 657 g/mol. The number of para-hydroxylation sites is 4. The van der Waals surface area contributed by atoms with Gasteiger partial charge in [-0.2, -0.15) is 0 Å². The fourth-order valence-corrected chi connectivity index (χ4v) is 7.50. The SMILES string of the molecule is O=c1c2ccccc2n2c(=O)c3c4ccccc4n(-c4nc(-c5ccccc5)c5ccccc5n4)c3c(-c3ccccc3)c2n1-c1ccccc1. The van der Waals surface area contributed by atoms with E-state index in [9.17, 15) is 4.79 Å². The summed E-state index contributed by atoms with van der Waals surface area (Å²) in [6, 6.07) is 52.7. The first-order valence-electron chi connectivity index (χ1n) is 16.8. The van der Waals surface area contributed by atoms with Crippen molar-refractivity contribution in [3.63, 3.8) is 0 Å². The van der Waals surface area contributed by atoms with E-state index in [0.29, 0.717) is 44.7 Å². The average molecular weight is 658 g/mol. The number of fused-ring (bicyclic) bond motifs is 7. The maximum absolute atomic E-state index is 15.3. The minimum absolute atomic E-state index is 0.219. The topological polar surface area (TPSA) is 74.2 Å². The smallest absolute Gasteiger partial charge is 0.266 e. The number of hydrogen-bond acceptors (Lipinski definition) is 4. The van der Waals surface area contributed by atoms with E-state index in [-0.39, 0.29) is 11.1 Å². The van der Waals surface area contributed by atoms with E-state index in [4.69, 9.17) is 9.97 Å². The molecule has 0 radical (unpaired) electrons. The molecule has 0 saturated carbocycles. The van der Waals surface area contributed by atoms with E-state index in [0.717, 1.165) is 38.6 Å². The number of benzene rings is 6. The van der Waals surface area contributed by atoms with Crippen molar-refractivity contribution in [2.45, 2.75) is 0 Å². The zero-order chi connectivity index (χ0) is 34.1. The molecule has 0 fully saturated rings. The van der Waals surface area contributed by atoms with Crippen LogP contribution in [0.5, 0.6) is 0 Å². The minimum Gasteiger partial charge on any atom is -0.277 e. The molecule has 10 aromatic rings. The minimum atomic E-state index is -0.236. The van der Waals surface area contributed by atoms with E-state index < -0.39 is 0 Å². The van der Waals surface area contributed by atoms with Crippen LogP contribution in [0.2, 0.25) is 0 Å². The summed E-state index contributed by atoms with van der Waals surface area (Å²) in [6.07, 6.45) is 0. The van der Waals surface area contributed by atoms with Crippen molar-refractivity contribution in [2.24, 2.45) is 0 Å². The van der Waals surface area contributed by atoms with Gasteiger partial charge in [0.05, 0.1) is 44.2 Å². The van der Waals surface area contributed by atoms with Crippen LogP contribution in [0, 0.1) is 0 Å². The highest BCUT2D eigenvalue weighted by atomic mass is 16.1. The lowest BCUT2D eigenvalue weighted by atomic mass is 10.0. The lowest BCUT2D eigenvalue weighted by Gasteiger charge is -2.20. The Bertz CT molecular complexity index is 3110. The standard InChI is InChI=1S/C44H27N5O2/c50-42-33-24-12-15-27-36(33)49-41(47(42)30-20-8-3-9-21-30)37(28-16-4-1-5-17-28)40-38(43(49)51)32-23-11-14-26-35(32)48(40)44-45-34-25-13-10-22-31(34)39(46-44)29-18-6-2-7-19-29/h1-27H. The van der Waals surface area contributed by atoms with Gasteiger partial charge in [0, 0.05) is 21.9 Å². The number of aromatic nitrogens is 5. The first-order valence-corrected chi connectivity index (χ1v) is 16.8. The van der Waals surface area contributed by atoms with E-state index >= 15 is 4.79 Å². The summed E-state index contributed by atoms with van der Waals surface area (Å²) >= 11 is 0. The summed E-state index contributed by atoms with van der Waals surface area (Å²) in [7, 11) is 0. The first kappa shape index (κ1) is 28.9. The Labute approximate surface area is 290 Å². The van der Waals surface area contributed by atoms with Gasteiger partial charge in [-0.25, -0.2) is 9.97 Å². The lowest BCUT2D eigenvalue weighted by molar-refractivity contribution is 0.972. The number of pyridine rings is 1. The largest absolute Gasteiger partial charge is 0.277 e. The van der Waals surface area contributed by atoms with Gasteiger partial charge in [-0.1, -0.05) is 127 Å². The van der Waals surface area contributed by atoms with Crippen LogP contribution >= 0.6 is 0 Å². The van der Waals surface area contributed by atoms with Crippen molar-refractivity contribution >= 4 is 49.3 Å². The van der Waals surface area contributed by atoms with Crippen molar-refractivity contribution in [3.05, 3.63) is 184 Å². The Morgan fingerprint density at radius 3 is 1.75 bits per heavy atom. The van der Waals surface area contributed by atoms with Crippen LogP contribution in [0.4, 0.5) is 0 Å². The van der Waals surface area contributed by atoms with Crippen molar-refractivity contribution in [1.82, 2.24) is 23.5 Å². The predicted molar refractivity (Wildman–Crippen MR) is 205 cm³/mol. The zero-order valence-corrected chi connectivity index (χ0v) is 27.1. The highest BCUT2D eigenvalue weighted by molar-refractivity contribution is 6.16. The third kappa shape index (κ3) is 4.25. The van der Waals surface area contributed by atoms with E-state index in [1.54, 1.807) is 15.0 Å². The van der Waals surface area contributed by atoms with Gasteiger partial charge in [0.15, 0.2) is 0 Å². The third-order valence-corrected chi connectivity index (χ3v) is 9.67. The maximum Gasteiger partial charge on any atom is 0.266 e. The molecule has 0 bridgehead atoms. The molecule has 0 atom stereocenters. The Hall–Kier alpha value is -7.12. The second-order valence-corrected chi connectivity index (χ2v) is 12.5. The molecule has 0 aliphatic carbocycles. The summed E-state index contributed by atoms with van der Waals surface area (Å²) in [5.41, 5.74) is 6.67. The predicted octanol–water partition coefficient (Wildman–Crippen LogP) is 8.98. The van der Waals surface area contributed by atoms with Crippen molar-refractivity contribution in [1.29, 1.82) is 0 Å². The number of hydrogen-bond donors (Lipinski definition) is 0. The van der Waals surface area contributed by atoms with Crippen LogP contribution < -0.4 is 11.1 Å². The first-order chi connectivity index (χ1) is 25.2. The molecule has 0 aliphatic rings. The van der Waals surface area contributed by atoms with Crippen LogP contribution in [-0.2, 0) is 0 Å². The molecule has 0 N–H and O–H groups in total. The fraction of sp³-hybridized carbons (Fsp3) is 0. The van der Waals surface area contributed by atoms with E-state index in [1.807, 2.05) is 162 Å². The van der Waals surface area contributed by atoms with Gasteiger partial charge in [-0.15, -0.1) is 0 Å². The van der Waals surface area contributed by atoms with Crippen LogP contribution in [0.3, 0.4) is 0 Å². The summed E-state index contributed by atoms with van der Waals surface area (Å²) in [5.74, 6) is 0.425. The Balaban J connectivity index is 1.51. The molecule has 4 heterocycles. The lowest BCUT2D eigenvalue weighted by Crippen LogP contribution is -2.28. The van der Waals surface area contributed by atoms with Crippen LogP contribution in [0.15, 0.2) is 173 Å². The molecule has 0 amide bonds. The molecule has 7 nitrogen and oxygen atoms in total. The normalized spacial score (nSPS) is 11.7. The summed E-state index contributed by atoms with van der Waals surface area (Å²) in [5, 5.41) is 2.65. The van der Waals surface area contributed by atoms with Gasteiger partial charge in [-0.05, 0) is 42.0 Å². The Morgan fingerprint density at radius 1 is 0.451 bits per heavy atom. The van der Waals surface area contributed by atoms with Gasteiger partial charge in [0.1, 0.15) is 5.65 Å². The molecule has 7 heteroatoms. The molecular weight excluding hydrogens is 631 g/mol. The fourth-order valence-electron chi connectivity index (χ4n) is 7.50. The summed E-state index contributed by atoms with van der Waals surface area (Å²) < 4.78 is 5.38. The zero-order valence-electron chi connectivity index (χ0n) is 27.1. The van der Waals surface area contributed by atoms with Crippen LogP contribution in [0.25, 0.3) is 83.3 Å². The quantitative estimate of drug-likeness (QED) is 0.177. The third-order valence-electron chi connectivity index (χ3n) is 9.67. The molecule has 4 aromatic heterocycles.